The molecule has 0 aliphatic carbocycles. The number of para-hydroxylation sites is 1. The molecule has 0 saturated carbocycles. The second-order valence-corrected chi connectivity index (χ2v) is 4.84. The van der Waals surface area contributed by atoms with Crippen LogP contribution in [0.2, 0.25) is 0 Å². The van der Waals surface area contributed by atoms with E-state index in [4.69, 9.17) is 15.2 Å². The van der Waals surface area contributed by atoms with Crippen LogP contribution in [0.1, 0.15) is 51.6 Å². The van der Waals surface area contributed by atoms with Crippen molar-refractivity contribution < 1.29 is 9.47 Å². The Morgan fingerprint density at radius 3 is 2.32 bits per heavy atom. The van der Waals surface area contributed by atoms with Gasteiger partial charge in [0.15, 0.2) is 0 Å². The predicted octanol–water partition coefficient (Wildman–Crippen LogP) is 3.68. The minimum Gasteiger partial charge on any atom is -0.493 e. The van der Waals surface area contributed by atoms with Crippen molar-refractivity contribution in [3.05, 3.63) is 29.8 Å². The standard InChI is InChI=1S/C16H27NO2/c1-5-12-19-14-11-9-8-10-13(14)15(17)16(6-2,7-3)18-4/h8-11,15H,5-7,12,17H2,1-4H3. The van der Waals surface area contributed by atoms with Gasteiger partial charge in [0.25, 0.3) is 0 Å². The number of methoxy groups -OCH3 is 1. The summed E-state index contributed by atoms with van der Waals surface area (Å²) in [6, 6.07) is 7.82. The summed E-state index contributed by atoms with van der Waals surface area (Å²) in [7, 11) is 1.74. The number of hydrogen-bond donors (Lipinski definition) is 1. The molecule has 0 aromatic heterocycles. The highest BCUT2D eigenvalue weighted by molar-refractivity contribution is 5.37. The summed E-state index contributed by atoms with van der Waals surface area (Å²) in [5.41, 5.74) is 7.17. The maximum atomic E-state index is 6.47. The first-order valence-electron chi connectivity index (χ1n) is 7.17. The van der Waals surface area contributed by atoms with Gasteiger partial charge in [0, 0.05) is 12.7 Å². The molecule has 0 aliphatic rings. The smallest absolute Gasteiger partial charge is 0.124 e. The molecular weight excluding hydrogens is 238 g/mol. The van der Waals surface area contributed by atoms with E-state index in [-0.39, 0.29) is 11.6 Å². The lowest BCUT2D eigenvalue weighted by Gasteiger charge is -2.37. The van der Waals surface area contributed by atoms with Gasteiger partial charge in [-0.2, -0.15) is 0 Å². The Morgan fingerprint density at radius 2 is 1.79 bits per heavy atom. The zero-order valence-corrected chi connectivity index (χ0v) is 12.6. The lowest BCUT2D eigenvalue weighted by Crippen LogP contribution is -2.42. The maximum absolute atomic E-state index is 6.47. The average Bonchev–Trinajstić information content (AvgIpc) is 2.47. The lowest BCUT2D eigenvalue weighted by atomic mass is 9.84. The Bertz CT molecular complexity index is 367. The first-order chi connectivity index (χ1) is 9.15. The van der Waals surface area contributed by atoms with Gasteiger partial charge in [-0.25, -0.2) is 0 Å². The van der Waals surface area contributed by atoms with Crippen LogP contribution < -0.4 is 10.5 Å². The number of benzene rings is 1. The highest BCUT2D eigenvalue weighted by atomic mass is 16.5. The Morgan fingerprint density at radius 1 is 1.16 bits per heavy atom. The summed E-state index contributed by atoms with van der Waals surface area (Å²) < 4.78 is 11.5. The molecule has 19 heavy (non-hydrogen) atoms. The van der Waals surface area contributed by atoms with E-state index in [9.17, 15) is 0 Å². The van der Waals surface area contributed by atoms with Crippen LogP contribution in [0.5, 0.6) is 5.75 Å². The van der Waals surface area contributed by atoms with Gasteiger partial charge in [0.05, 0.1) is 18.2 Å². The van der Waals surface area contributed by atoms with Crippen molar-refractivity contribution in [2.75, 3.05) is 13.7 Å². The molecule has 0 saturated heterocycles. The normalized spacial score (nSPS) is 13.3. The van der Waals surface area contributed by atoms with E-state index in [1.54, 1.807) is 7.11 Å². The molecule has 0 spiro atoms. The van der Waals surface area contributed by atoms with Gasteiger partial charge >= 0.3 is 0 Å². The van der Waals surface area contributed by atoms with E-state index < -0.39 is 0 Å². The van der Waals surface area contributed by atoms with Gasteiger partial charge in [-0.15, -0.1) is 0 Å². The molecule has 1 rings (SSSR count). The van der Waals surface area contributed by atoms with E-state index in [0.29, 0.717) is 6.61 Å². The van der Waals surface area contributed by atoms with Crippen molar-refractivity contribution in [1.29, 1.82) is 0 Å². The third kappa shape index (κ3) is 3.48. The molecular formula is C16H27NO2. The summed E-state index contributed by atoms with van der Waals surface area (Å²) in [6.45, 7) is 7.03. The van der Waals surface area contributed by atoms with Gasteiger partial charge in [-0.05, 0) is 25.3 Å². The molecule has 0 aliphatic heterocycles. The first kappa shape index (κ1) is 16.0. The molecule has 3 nitrogen and oxygen atoms in total. The van der Waals surface area contributed by atoms with Crippen LogP contribution in [0.15, 0.2) is 24.3 Å². The molecule has 0 amide bonds. The Hall–Kier alpha value is -1.06. The fourth-order valence-electron chi connectivity index (χ4n) is 2.47. The minimum atomic E-state index is -0.328. The molecule has 0 radical (unpaired) electrons. The Balaban J connectivity index is 3.06. The highest BCUT2D eigenvalue weighted by Gasteiger charge is 2.35. The average molecular weight is 265 g/mol. The van der Waals surface area contributed by atoms with Crippen LogP contribution in [0.4, 0.5) is 0 Å². The topological polar surface area (TPSA) is 44.5 Å². The number of ether oxygens (including phenoxy) is 2. The van der Waals surface area contributed by atoms with Crippen molar-refractivity contribution in [3.63, 3.8) is 0 Å². The molecule has 1 aromatic rings. The fraction of sp³-hybridized carbons (Fsp3) is 0.625. The SMILES string of the molecule is CCCOc1ccccc1C(N)C(CC)(CC)OC. The summed E-state index contributed by atoms with van der Waals surface area (Å²) in [6.07, 6.45) is 2.74. The molecule has 2 N–H and O–H groups in total. The van der Waals surface area contributed by atoms with Crippen LogP contribution in [-0.4, -0.2) is 19.3 Å². The third-order valence-electron chi connectivity index (χ3n) is 3.89. The van der Waals surface area contributed by atoms with Crippen molar-refractivity contribution in [1.82, 2.24) is 0 Å². The first-order valence-corrected chi connectivity index (χ1v) is 7.17. The van der Waals surface area contributed by atoms with Crippen LogP contribution >= 0.6 is 0 Å². The van der Waals surface area contributed by atoms with E-state index in [1.807, 2.05) is 24.3 Å². The Kier molecular flexibility index (Phi) is 6.32. The van der Waals surface area contributed by atoms with Crippen molar-refractivity contribution in [2.45, 2.75) is 51.7 Å². The number of nitrogens with two attached hydrogens (primary N) is 1. The number of hydrogen-bond acceptors (Lipinski definition) is 3. The maximum Gasteiger partial charge on any atom is 0.124 e. The van der Waals surface area contributed by atoms with Crippen molar-refractivity contribution in [2.24, 2.45) is 5.73 Å². The second kappa shape index (κ2) is 7.51. The van der Waals surface area contributed by atoms with Crippen LogP contribution in [0, 0.1) is 0 Å². The van der Waals surface area contributed by atoms with Gasteiger partial charge in [0.2, 0.25) is 0 Å². The molecule has 108 valence electrons. The second-order valence-electron chi connectivity index (χ2n) is 4.84. The van der Waals surface area contributed by atoms with Gasteiger partial charge in [0.1, 0.15) is 5.75 Å². The van der Waals surface area contributed by atoms with Crippen molar-refractivity contribution in [3.8, 4) is 5.75 Å². The zero-order chi connectivity index (χ0) is 14.3. The molecule has 1 unspecified atom stereocenters. The molecule has 0 heterocycles. The molecule has 3 heteroatoms. The Labute approximate surface area is 117 Å². The fourth-order valence-corrected chi connectivity index (χ4v) is 2.47. The van der Waals surface area contributed by atoms with Crippen molar-refractivity contribution >= 4 is 0 Å². The van der Waals surface area contributed by atoms with E-state index in [0.717, 1.165) is 30.6 Å². The lowest BCUT2D eigenvalue weighted by molar-refractivity contribution is -0.0391. The summed E-state index contributed by atoms with van der Waals surface area (Å²) in [5.74, 6) is 0.875. The largest absolute Gasteiger partial charge is 0.493 e. The molecule has 0 fully saturated rings. The minimum absolute atomic E-state index is 0.180. The summed E-state index contributed by atoms with van der Waals surface area (Å²) in [4.78, 5) is 0. The van der Waals surface area contributed by atoms with E-state index in [1.165, 1.54) is 0 Å². The van der Waals surface area contributed by atoms with Gasteiger partial charge in [-0.3, -0.25) is 0 Å². The molecule has 0 bridgehead atoms. The third-order valence-corrected chi connectivity index (χ3v) is 3.89. The van der Waals surface area contributed by atoms with Gasteiger partial charge in [-0.1, -0.05) is 39.0 Å². The van der Waals surface area contributed by atoms with Crippen LogP contribution in [-0.2, 0) is 4.74 Å². The van der Waals surface area contributed by atoms with Gasteiger partial charge < -0.3 is 15.2 Å². The predicted molar refractivity (Wildman–Crippen MR) is 79.5 cm³/mol. The zero-order valence-electron chi connectivity index (χ0n) is 12.6. The molecule has 1 aromatic carbocycles. The summed E-state index contributed by atoms with van der Waals surface area (Å²) in [5, 5.41) is 0. The van der Waals surface area contributed by atoms with E-state index >= 15 is 0 Å². The monoisotopic (exact) mass is 265 g/mol. The molecule has 1 atom stereocenters. The van der Waals surface area contributed by atoms with Crippen LogP contribution in [0.3, 0.4) is 0 Å². The number of rotatable bonds is 8. The van der Waals surface area contributed by atoms with Crippen LogP contribution in [0.25, 0.3) is 0 Å². The highest BCUT2D eigenvalue weighted by Crippen LogP contribution is 2.37. The summed E-state index contributed by atoms with van der Waals surface area (Å²) >= 11 is 0. The quantitative estimate of drug-likeness (QED) is 0.779. The van der Waals surface area contributed by atoms with E-state index in [2.05, 4.69) is 20.8 Å².